The van der Waals surface area contributed by atoms with Gasteiger partial charge in [-0.1, -0.05) is 117 Å². The molecule has 7 saturated heterocycles. The van der Waals surface area contributed by atoms with Crippen molar-refractivity contribution in [1.29, 1.82) is 0 Å². The Morgan fingerprint density at radius 3 is 1.09 bits per heavy atom. The number of piperazine rings is 2. The number of unbranched alkanes of at least 4 members (excludes halogenated alkanes) is 1. The Kier molecular flexibility index (Phi) is 28.9. The van der Waals surface area contributed by atoms with Crippen LogP contribution in [0, 0.1) is 0 Å². The van der Waals surface area contributed by atoms with E-state index in [1.54, 1.807) is 6.92 Å². The molecule has 28 nitrogen and oxygen atoms in total. The van der Waals surface area contributed by atoms with Crippen molar-refractivity contribution in [2.24, 2.45) is 5.73 Å². The van der Waals surface area contributed by atoms with Gasteiger partial charge in [0, 0.05) is 201 Å². The van der Waals surface area contributed by atoms with Crippen molar-refractivity contribution in [3.8, 4) is 0 Å². The van der Waals surface area contributed by atoms with Gasteiger partial charge in [0.05, 0.1) is 85.1 Å². The number of anilines is 9. The van der Waals surface area contributed by atoms with Crippen LogP contribution < -0.4 is 67.9 Å². The number of carbonyl (C=O) groups excluding carboxylic acids is 1. The molecule has 12 heterocycles. The lowest BCUT2D eigenvalue weighted by Crippen LogP contribution is -2.53. The second-order valence-electron chi connectivity index (χ2n) is 36.7. The molecule has 0 aromatic carbocycles. The molecule has 8 aliphatic rings. The third-order valence-corrected chi connectivity index (χ3v) is 20.3. The summed E-state index contributed by atoms with van der Waals surface area (Å²) < 4.78 is 10.5. The van der Waals surface area contributed by atoms with Crippen LogP contribution in [0.25, 0.3) is 0 Å². The predicted molar refractivity (Wildman–Crippen MR) is 441 cm³/mol. The Balaban J connectivity index is 0.000000156. The number of aromatic nitrogens is 10. The lowest BCUT2D eigenvalue weighted by Gasteiger charge is -2.42. The molecule has 1 aliphatic carbocycles. The van der Waals surface area contributed by atoms with Crippen molar-refractivity contribution >= 4 is 58.8 Å². The van der Waals surface area contributed by atoms with E-state index in [2.05, 4.69) is 246 Å². The van der Waals surface area contributed by atoms with Crippen LogP contribution in [0.4, 0.5) is 52.9 Å². The zero-order valence-electron chi connectivity index (χ0n) is 70.0. The molecule has 0 unspecified atom stereocenters. The van der Waals surface area contributed by atoms with Gasteiger partial charge in [-0.25, -0.2) is 29.9 Å². The maximum absolute atomic E-state index is 11.5. The SMILES string of the molecule is CC(=O)N1CCN(c2nc(NC3CNC3)cc(C(C)(C)C)n2)CC1.CC(C)(C)c1cc(NC2COC2)nc(C2CC2)n1.CC(C)(C)c1cc(NC2COC2)nc(N2CCN(C(C)(C)C)CC2)n1.CCCCN(C)c1nc(NC2CNC2)cc(C(C)(C)C)n1.CN(CCN)c1nc(NC2CNC2)cc(C(C)(C)C)n1. The molecule has 1 saturated carbocycles. The van der Waals surface area contributed by atoms with Gasteiger partial charge in [0.15, 0.2) is 0 Å². The summed E-state index contributed by atoms with van der Waals surface area (Å²) in [5, 5.41) is 27.2. The minimum atomic E-state index is -0.0345. The maximum atomic E-state index is 11.5. The Morgan fingerprint density at radius 1 is 0.454 bits per heavy atom. The highest BCUT2D eigenvalue weighted by atomic mass is 16.5. The van der Waals surface area contributed by atoms with E-state index in [4.69, 9.17) is 50.1 Å². The number of ether oxygens (including phenoxy) is 2. The van der Waals surface area contributed by atoms with Crippen molar-refractivity contribution in [2.75, 3.05) is 198 Å². The Bertz CT molecular complexity index is 3650. The highest BCUT2D eigenvalue weighted by Gasteiger charge is 2.34. The molecule has 0 atom stereocenters. The molecule has 5 aromatic heterocycles. The molecular weight excluding hydrogens is 1360 g/mol. The van der Waals surface area contributed by atoms with E-state index in [-0.39, 0.29) is 38.5 Å². The molecule has 0 spiro atoms. The summed E-state index contributed by atoms with van der Waals surface area (Å²) in [7, 11) is 4.05. The van der Waals surface area contributed by atoms with E-state index in [0.717, 1.165) is 225 Å². The largest absolute Gasteiger partial charge is 0.377 e. The standard InChI is InChI=1S/C19H33N5O.C17H28N6O.C16H29N5.C14H26N6.C14H21N3O/c1-18(2,3)15-11-16(20-14-12-25-13-14)22-17(21-15)23-7-9-24(10-8-23)19(4,5)6;1-12(24)22-5-7-23(8-6-22)16-20-14(17(2,3)4)9-15(21-16)19-13-10-18-11-13;1-6-7-8-21(5)15-19-13(16(2,3)4)9-14(20-15)18-12-10-17-11-12;1-14(2,3)11-7-12(17-10-8-16-9-10)19-13(18-11)20(4)6-5-15;1-14(2,3)11-6-12(15-10-7-18-8-10)17-13(16-11)9-4-5-9/h11,14H,7-10,12-13H2,1-6H3,(H,20,21,22);9,13,18H,5-8,10-11H2,1-4H3,(H,19,20,21);9,12,17H,6-8,10-11H2,1-5H3,(H,18,19,20);7,10,16H,5-6,8-9,15H2,1-4H3,(H,17,18,19);6,9-10H,4-5,7-8H2,1-3H3,(H,15,16,17). The molecule has 0 bridgehead atoms. The summed E-state index contributed by atoms with van der Waals surface area (Å²) in [5.74, 6) is 9.54. The molecule has 13 rings (SSSR count). The van der Waals surface area contributed by atoms with E-state index in [1.165, 1.54) is 19.3 Å². The summed E-state index contributed by atoms with van der Waals surface area (Å²) in [4.78, 5) is 71.9. The number of nitrogens with zero attached hydrogens (tertiary/aromatic N) is 16. The third-order valence-electron chi connectivity index (χ3n) is 20.3. The average Bonchev–Trinajstić information content (AvgIpc) is 1.68. The second kappa shape index (κ2) is 36.8. The van der Waals surface area contributed by atoms with Gasteiger partial charge < -0.3 is 82.2 Å². The first-order valence-corrected chi connectivity index (χ1v) is 40.0. The molecule has 600 valence electrons. The Hall–Kier alpha value is -7.21. The molecule has 7 aliphatic heterocycles. The fraction of sp³-hybridized carbons (Fsp3) is 0.738. The minimum Gasteiger partial charge on any atom is -0.377 e. The number of hydrogen-bond donors (Lipinski definition) is 9. The van der Waals surface area contributed by atoms with Crippen molar-refractivity contribution < 1.29 is 14.3 Å². The van der Waals surface area contributed by atoms with E-state index < -0.39 is 0 Å². The number of nitrogens with two attached hydrogens (primary N) is 1. The second-order valence-corrected chi connectivity index (χ2v) is 36.7. The number of amides is 1. The minimum absolute atomic E-state index is 0.00251. The number of carbonyl (C=O) groups is 1. The van der Waals surface area contributed by atoms with Crippen molar-refractivity contribution in [3.63, 3.8) is 0 Å². The molecule has 8 fully saturated rings. The van der Waals surface area contributed by atoms with Gasteiger partial charge in [0.2, 0.25) is 29.7 Å². The fourth-order valence-electron chi connectivity index (χ4n) is 12.1. The van der Waals surface area contributed by atoms with Crippen LogP contribution in [0.15, 0.2) is 30.3 Å². The highest BCUT2D eigenvalue weighted by molar-refractivity contribution is 5.73. The summed E-state index contributed by atoms with van der Waals surface area (Å²) >= 11 is 0. The van der Waals surface area contributed by atoms with E-state index in [0.29, 0.717) is 42.7 Å². The smallest absolute Gasteiger partial charge is 0.227 e. The molecular formula is C80H137N25O3. The Labute approximate surface area is 646 Å². The normalized spacial score (nSPS) is 18.4. The van der Waals surface area contributed by atoms with Gasteiger partial charge in [-0.15, -0.1) is 0 Å². The van der Waals surface area contributed by atoms with Crippen LogP contribution in [0.2, 0.25) is 0 Å². The van der Waals surface area contributed by atoms with Crippen LogP contribution in [0.1, 0.15) is 204 Å². The first-order chi connectivity index (χ1) is 50.8. The zero-order valence-corrected chi connectivity index (χ0v) is 70.0. The van der Waals surface area contributed by atoms with E-state index in [1.807, 2.05) is 16.8 Å². The van der Waals surface area contributed by atoms with E-state index >= 15 is 0 Å². The van der Waals surface area contributed by atoms with Crippen molar-refractivity contribution in [3.05, 3.63) is 64.6 Å². The van der Waals surface area contributed by atoms with Crippen LogP contribution >= 0.6 is 0 Å². The van der Waals surface area contributed by atoms with Gasteiger partial charge in [-0.3, -0.25) is 9.69 Å². The predicted octanol–water partition coefficient (Wildman–Crippen LogP) is 8.74. The van der Waals surface area contributed by atoms with Crippen LogP contribution in [-0.2, 0) is 41.3 Å². The monoisotopic (exact) mass is 1500 g/mol. The quantitative estimate of drug-likeness (QED) is 0.0352. The van der Waals surface area contributed by atoms with Gasteiger partial charge in [-0.05, 0) is 40.0 Å². The molecule has 108 heavy (non-hydrogen) atoms. The van der Waals surface area contributed by atoms with Crippen LogP contribution in [0.5, 0.6) is 0 Å². The first-order valence-electron chi connectivity index (χ1n) is 40.0. The first kappa shape index (κ1) is 84.8. The van der Waals surface area contributed by atoms with Crippen LogP contribution in [0.3, 0.4) is 0 Å². The topological polar surface area (TPSA) is 306 Å². The average molecular weight is 1500 g/mol. The van der Waals surface area contributed by atoms with Gasteiger partial charge >= 0.3 is 0 Å². The molecule has 28 heteroatoms. The number of hydrogen-bond acceptors (Lipinski definition) is 27. The molecule has 5 aromatic rings. The third kappa shape index (κ3) is 25.4. The lowest BCUT2D eigenvalue weighted by atomic mass is 9.92. The molecule has 1 amide bonds. The van der Waals surface area contributed by atoms with Crippen molar-refractivity contribution in [2.45, 2.75) is 233 Å². The maximum Gasteiger partial charge on any atom is 0.227 e. The summed E-state index contributed by atoms with van der Waals surface area (Å²) in [6, 6.07) is 12.6. The Morgan fingerprint density at radius 2 is 0.787 bits per heavy atom. The van der Waals surface area contributed by atoms with Crippen LogP contribution in [-0.4, -0.2) is 253 Å². The summed E-state index contributed by atoms with van der Waals surface area (Å²) in [6.45, 7) is 61.9. The summed E-state index contributed by atoms with van der Waals surface area (Å²) in [5.41, 5.74) is 11.3. The summed E-state index contributed by atoms with van der Waals surface area (Å²) in [6.07, 6.45) is 4.82. The van der Waals surface area contributed by atoms with Gasteiger partial charge in [-0.2, -0.15) is 19.9 Å². The molecule has 10 N–H and O–H groups in total. The number of rotatable bonds is 20. The highest BCUT2D eigenvalue weighted by Crippen LogP contribution is 2.40. The van der Waals surface area contributed by atoms with E-state index in [9.17, 15) is 4.79 Å². The van der Waals surface area contributed by atoms with Gasteiger partial charge in [0.1, 0.15) is 34.9 Å². The number of likely N-dealkylation sites (N-methyl/N-ethyl adjacent to an activating group) is 1. The molecule has 0 radical (unpaired) electrons. The van der Waals surface area contributed by atoms with Crippen molar-refractivity contribution in [1.82, 2.24) is 75.6 Å². The van der Waals surface area contributed by atoms with Gasteiger partial charge in [0.25, 0.3) is 0 Å². The zero-order chi connectivity index (χ0) is 78.5. The number of nitrogens with one attached hydrogen (secondary N) is 8. The fourth-order valence-corrected chi connectivity index (χ4v) is 12.1. The lowest BCUT2D eigenvalue weighted by molar-refractivity contribution is -0.129.